The molecular weight excluding hydrogens is 358 g/mol. The Morgan fingerprint density at radius 2 is 1.78 bits per heavy atom. The summed E-state index contributed by atoms with van der Waals surface area (Å²) >= 11 is 3.37. The van der Waals surface area contributed by atoms with E-state index in [1.54, 1.807) is 18.2 Å². The maximum atomic E-state index is 12.4. The SMILES string of the molecule is CCCOc1ccc(C(=O)Nc2ccc(Br)cc2)cc1OCC. The fourth-order valence-electron chi connectivity index (χ4n) is 1.99. The van der Waals surface area contributed by atoms with Crippen LogP contribution in [0, 0.1) is 0 Å². The van der Waals surface area contributed by atoms with Crippen molar-refractivity contribution in [3.8, 4) is 11.5 Å². The highest BCUT2D eigenvalue weighted by molar-refractivity contribution is 9.10. The number of rotatable bonds is 7. The molecule has 0 aliphatic heterocycles. The van der Waals surface area contributed by atoms with Crippen molar-refractivity contribution in [3.05, 3.63) is 52.5 Å². The number of nitrogens with one attached hydrogen (secondary N) is 1. The molecule has 0 bridgehead atoms. The number of anilines is 1. The zero-order valence-electron chi connectivity index (χ0n) is 13.3. The van der Waals surface area contributed by atoms with Crippen LogP contribution in [0.3, 0.4) is 0 Å². The van der Waals surface area contributed by atoms with E-state index in [0.717, 1.165) is 16.6 Å². The quantitative estimate of drug-likeness (QED) is 0.746. The average Bonchev–Trinajstić information content (AvgIpc) is 2.56. The second-order valence-electron chi connectivity index (χ2n) is 4.90. The van der Waals surface area contributed by atoms with E-state index < -0.39 is 0 Å². The minimum Gasteiger partial charge on any atom is -0.490 e. The molecule has 5 heteroatoms. The van der Waals surface area contributed by atoms with E-state index in [0.29, 0.717) is 30.3 Å². The molecule has 0 heterocycles. The number of benzene rings is 2. The van der Waals surface area contributed by atoms with Gasteiger partial charge < -0.3 is 14.8 Å². The van der Waals surface area contributed by atoms with Crippen LogP contribution in [0.1, 0.15) is 30.6 Å². The van der Waals surface area contributed by atoms with E-state index >= 15 is 0 Å². The summed E-state index contributed by atoms with van der Waals surface area (Å²) in [5.74, 6) is 1.06. The van der Waals surface area contributed by atoms with E-state index in [4.69, 9.17) is 9.47 Å². The molecule has 0 aliphatic rings. The Labute approximate surface area is 144 Å². The van der Waals surface area contributed by atoms with Crippen LogP contribution in [0.2, 0.25) is 0 Å². The van der Waals surface area contributed by atoms with Gasteiger partial charge in [-0.3, -0.25) is 4.79 Å². The first-order chi connectivity index (χ1) is 11.1. The number of hydrogen-bond acceptors (Lipinski definition) is 3. The van der Waals surface area contributed by atoms with Crippen LogP contribution in [-0.4, -0.2) is 19.1 Å². The third-order valence-electron chi connectivity index (χ3n) is 3.07. The smallest absolute Gasteiger partial charge is 0.255 e. The van der Waals surface area contributed by atoms with Crippen molar-refractivity contribution < 1.29 is 14.3 Å². The average molecular weight is 378 g/mol. The summed E-state index contributed by atoms with van der Waals surface area (Å²) in [6.07, 6.45) is 0.914. The van der Waals surface area contributed by atoms with Gasteiger partial charge in [0, 0.05) is 15.7 Å². The molecule has 2 aromatic carbocycles. The second-order valence-corrected chi connectivity index (χ2v) is 5.82. The number of halogens is 1. The first-order valence-electron chi connectivity index (χ1n) is 7.60. The Morgan fingerprint density at radius 3 is 2.43 bits per heavy atom. The van der Waals surface area contributed by atoms with Gasteiger partial charge in [-0.15, -0.1) is 0 Å². The summed E-state index contributed by atoms with van der Waals surface area (Å²) in [6, 6.07) is 12.7. The predicted molar refractivity (Wildman–Crippen MR) is 95.5 cm³/mol. The first kappa shape index (κ1) is 17.3. The van der Waals surface area contributed by atoms with Crippen LogP contribution in [0.15, 0.2) is 46.9 Å². The third kappa shape index (κ3) is 4.99. The van der Waals surface area contributed by atoms with E-state index in [-0.39, 0.29) is 5.91 Å². The van der Waals surface area contributed by atoms with Gasteiger partial charge in [0.15, 0.2) is 11.5 Å². The second kappa shape index (κ2) is 8.58. The number of carbonyl (C=O) groups excluding carboxylic acids is 1. The first-order valence-corrected chi connectivity index (χ1v) is 8.40. The van der Waals surface area contributed by atoms with Crippen LogP contribution in [0.4, 0.5) is 5.69 Å². The van der Waals surface area contributed by atoms with Crippen molar-refractivity contribution >= 4 is 27.5 Å². The molecule has 4 nitrogen and oxygen atoms in total. The van der Waals surface area contributed by atoms with Crippen LogP contribution in [0.25, 0.3) is 0 Å². The summed E-state index contributed by atoms with van der Waals surface area (Å²) in [4.78, 5) is 12.4. The lowest BCUT2D eigenvalue weighted by Gasteiger charge is -2.13. The molecule has 0 unspecified atom stereocenters. The fourth-order valence-corrected chi connectivity index (χ4v) is 2.25. The number of ether oxygens (including phenoxy) is 2. The van der Waals surface area contributed by atoms with Crippen molar-refractivity contribution in [2.24, 2.45) is 0 Å². The molecule has 0 aliphatic carbocycles. The Kier molecular flexibility index (Phi) is 6.47. The lowest BCUT2D eigenvalue weighted by atomic mass is 10.2. The normalized spacial score (nSPS) is 10.2. The molecule has 1 amide bonds. The van der Waals surface area contributed by atoms with Gasteiger partial charge in [-0.25, -0.2) is 0 Å². The summed E-state index contributed by atoms with van der Waals surface area (Å²) in [5.41, 5.74) is 1.27. The van der Waals surface area contributed by atoms with E-state index in [1.807, 2.05) is 38.1 Å². The molecular formula is C18H20BrNO3. The highest BCUT2D eigenvalue weighted by Crippen LogP contribution is 2.29. The van der Waals surface area contributed by atoms with Crippen molar-refractivity contribution in [2.75, 3.05) is 18.5 Å². The van der Waals surface area contributed by atoms with Gasteiger partial charge in [0.05, 0.1) is 13.2 Å². The monoisotopic (exact) mass is 377 g/mol. The maximum Gasteiger partial charge on any atom is 0.255 e. The highest BCUT2D eigenvalue weighted by Gasteiger charge is 2.12. The van der Waals surface area contributed by atoms with Gasteiger partial charge in [0.2, 0.25) is 0 Å². The van der Waals surface area contributed by atoms with Gasteiger partial charge >= 0.3 is 0 Å². The van der Waals surface area contributed by atoms with Gasteiger partial charge in [0.1, 0.15) is 0 Å². The summed E-state index contributed by atoms with van der Waals surface area (Å²) in [5, 5.41) is 2.86. The van der Waals surface area contributed by atoms with Crippen molar-refractivity contribution in [3.63, 3.8) is 0 Å². The molecule has 0 atom stereocenters. The predicted octanol–water partition coefficient (Wildman–Crippen LogP) is 4.89. The molecule has 122 valence electrons. The van der Waals surface area contributed by atoms with Crippen molar-refractivity contribution in [1.82, 2.24) is 0 Å². The van der Waals surface area contributed by atoms with E-state index in [9.17, 15) is 4.79 Å². The minimum absolute atomic E-state index is 0.185. The van der Waals surface area contributed by atoms with Gasteiger partial charge in [0.25, 0.3) is 5.91 Å². The summed E-state index contributed by atoms with van der Waals surface area (Å²) in [7, 11) is 0. The number of hydrogen-bond donors (Lipinski definition) is 1. The third-order valence-corrected chi connectivity index (χ3v) is 3.60. The largest absolute Gasteiger partial charge is 0.490 e. The maximum absolute atomic E-state index is 12.4. The lowest BCUT2D eigenvalue weighted by Crippen LogP contribution is -2.12. The standard InChI is InChI=1S/C18H20BrNO3/c1-3-11-23-16-10-5-13(12-17(16)22-4-2)18(21)20-15-8-6-14(19)7-9-15/h5-10,12H,3-4,11H2,1-2H3,(H,20,21). The minimum atomic E-state index is -0.185. The molecule has 0 spiro atoms. The Balaban J connectivity index is 2.16. The molecule has 23 heavy (non-hydrogen) atoms. The van der Waals surface area contributed by atoms with E-state index in [1.165, 1.54) is 0 Å². The molecule has 0 fully saturated rings. The van der Waals surface area contributed by atoms with Gasteiger partial charge in [-0.2, -0.15) is 0 Å². The molecule has 1 N–H and O–H groups in total. The zero-order chi connectivity index (χ0) is 16.7. The van der Waals surface area contributed by atoms with Crippen molar-refractivity contribution in [2.45, 2.75) is 20.3 Å². The van der Waals surface area contributed by atoms with Crippen LogP contribution in [0.5, 0.6) is 11.5 Å². The molecule has 0 aromatic heterocycles. The topological polar surface area (TPSA) is 47.6 Å². The molecule has 2 rings (SSSR count). The van der Waals surface area contributed by atoms with Crippen LogP contribution in [-0.2, 0) is 0 Å². The molecule has 0 saturated heterocycles. The molecule has 0 radical (unpaired) electrons. The lowest BCUT2D eigenvalue weighted by molar-refractivity contribution is 0.102. The van der Waals surface area contributed by atoms with Gasteiger partial charge in [-0.05, 0) is 55.8 Å². The van der Waals surface area contributed by atoms with Crippen LogP contribution >= 0.6 is 15.9 Å². The number of carbonyl (C=O) groups is 1. The molecule has 0 saturated carbocycles. The van der Waals surface area contributed by atoms with E-state index in [2.05, 4.69) is 21.2 Å². The summed E-state index contributed by atoms with van der Waals surface area (Å²) in [6.45, 7) is 5.07. The Hall–Kier alpha value is -2.01. The zero-order valence-corrected chi connectivity index (χ0v) is 14.9. The van der Waals surface area contributed by atoms with Gasteiger partial charge in [-0.1, -0.05) is 22.9 Å². The van der Waals surface area contributed by atoms with Crippen molar-refractivity contribution in [1.29, 1.82) is 0 Å². The van der Waals surface area contributed by atoms with Crippen LogP contribution < -0.4 is 14.8 Å². The molecule has 2 aromatic rings. The highest BCUT2D eigenvalue weighted by atomic mass is 79.9. The Morgan fingerprint density at radius 1 is 1.04 bits per heavy atom. The fraction of sp³-hybridized carbons (Fsp3) is 0.278. The number of amides is 1. The summed E-state index contributed by atoms with van der Waals surface area (Å²) < 4.78 is 12.2. The Bertz CT molecular complexity index is 656.